The molecule has 0 aliphatic carbocycles. The highest BCUT2D eigenvalue weighted by Gasteiger charge is 2.13. The summed E-state index contributed by atoms with van der Waals surface area (Å²) in [5.41, 5.74) is 1.60. The number of ether oxygens (including phenoxy) is 1. The van der Waals surface area contributed by atoms with Crippen LogP contribution in [0.1, 0.15) is 18.6 Å². The molecule has 0 saturated carbocycles. The van der Waals surface area contributed by atoms with Crippen molar-refractivity contribution in [1.29, 1.82) is 0 Å². The monoisotopic (exact) mass is 351 g/mol. The van der Waals surface area contributed by atoms with Crippen molar-refractivity contribution in [2.45, 2.75) is 19.4 Å². The Morgan fingerprint density at radius 1 is 1.19 bits per heavy atom. The second-order valence-corrected chi connectivity index (χ2v) is 5.94. The Bertz CT molecular complexity index is 819. The van der Waals surface area contributed by atoms with Gasteiger partial charge in [0.15, 0.2) is 5.76 Å². The van der Waals surface area contributed by atoms with Gasteiger partial charge in [-0.3, -0.25) is 9.78 Å². The summed E-state index contributed by atoms with van der Waals surface area (Å²) in [7, 11) is 1.76. The molecule has 2 aromatic heterocycles. The number of pyridine rings is 1. The normalized spacial score (nSPS) is 10.5. The van der Waals surface area contributed by atoms with Gasteiger partial charge in [0, 0.05) is 37.5 Å². The molecule has 0 atom stereocenters. The summed E-state index contributed by atoms with van der Waals surface area (Å²) in [5.74, 6) is 1.50. The number of rotatable bonds is 8. The predicted molar refractivity (Wildman–Crippen MR) is 97.4 cm³/mol. The van der Waals surface area contributed by atoms with Crippen molar-refractivity contribution in [3.63, 3.8) is 0 Å². The molecular weight excluding hydrogens is 330 g/mol. The number of amides is 1. The lowest BCUT2D eigenvalue weighted by atomic mass is 10.2. The number of para-hydroxylation sites is 1. The lowest BCUT2D eigenvalue weighted by Gasteiger charge is -2.15. The van der Waals surface area contributed by atoms with Gasteiger partial charge in [0.05, 0.1) is 13.2 Å². The standard InChI is InChI=1S/C20H21N3O3/c1-23(20(24)10-6-12-25-17-8-3-2-4-9-17)15-18-13-19(22-26-18)16-7-5-11-21-14-16/h2-5,7-9,11,13-14H,6,10,12,15H2,1H3. The molecule has 26 heavy (non-hydrogen) atoms. The van der Waals surface area contributed by atoms with Crippen LogP contribution in [0.25, 0.3) is 11.3 Å². The van der Waals surface area contributed by atoms with Crippen molar-refractivity contribution >= 4 is 5.91 Å². The molecule has 1 aromatic carbocycles. The quantitative estimate of drug-likeness (QED) is 0.581. The fourth-order valence-electron chi connectivity index (χ4n) is 2.48. The smallest absolute Gasteiger partial charge is 0.222 e. The summed E-state index contributed by atoms with van der Waals surface area (Å²) in [6, 6.07) is 15.2. The topological polar surface area (TPSA) is 68.5 Å². The fourth-order valence-corrected chi connectivity index (χ4v) is 2.48. The number of nitrogens with zero attached hydrogens (tertiary/aromatic N) is 3. The number of carbonyl (C=O) groups is 1. The SMILES string of the molecule is CN(Cc1cc(-c2cccnc2)no1)C(=O)CCCOc1ccccc1. The van der Waals surface area contributed by atoms with Gasteiger partial charge >= 0.3 is 0 Å². The van der Waals surface area contributed by atoms with Crippen LogP contribution in [0.3, 0.4) is 0 Å². The highest BCUT2D eigenvalue weighted by Crippen LogP contribution is 2.18. The Balaban J connectivity index is 1.43. The van der Waals surface area contributed by atoms with Crippen LogP contribution in [-0.2, 0) is 11.3 Å². The fraction of sp³-hybridized carbons (Fsp3) is 0.250. The third-order valence-electron chi connectivity index (χ3n) is 3.88. The second kappa shape index (κ2) is 8.80. The second-order valence-electron chi connectivity index (χ2n) is 5.94. The zero-order chi connectivity index (χ0) is 18.2. The maximum atomic E-state index is 12.2. The van der Waals surface area contributed by atoms with E-state index >= 15 is 0 Å². The molecular formula is C20H21N3O3. The largest absolute Gasteiger partial charge is 0.494 e. The van der Waals surface area contributed by atoms with Crippen LogP contribution < -0.4 is 4.74 Å². The first-order valence-corrected chi connectivity index (χ1v) is 8.50. The summed E-state index contributed by atoms with van der Waals surface area (Å²) in [4.78, 5) is 17.9. The predicted octanol–water partition coefficient (Wildman–Crippen LogP) is 3.55. The van der Waals surface area contributed by atoms with Gasteiger partial charge in [0.1, 0.15) is 11.4 Å². The minimum Gasteiger partial charge on any atom is -0.494 e. The van der Waals surface area contributed by atoms with Crippen molar-refractivity contribution in [3.05, 3.63) is 66.7 Å². The summed E-state index contributed by atoms with van der Waals surface area (Å²) >= 11 is 0. The van der Waals surface area contributed by atoms with Gasteiger partial charge in [0.25, 0.3) is 0 Å². The van der Waals surface area contributed by atoms with E-state index in [1.807, 2.05) is 48.5 Å². The van der Waals surface area contributed by atoms with Crippen LogP contribution in [0.15, 0.2) is 65.4 Å². The van der Waals surface area contributed by atoms with Gasteiger partial charge in [-0.2, -0.15) is 0 Å². The van der Waals surface area contributed by atoms with Crippen LogP contribution in [0.5, 0.6) is 5.75 Å². The van der Waals surface area contributed by atoms with E-state index in [0.29, 0.717) is 37.4 Å². The van der Waals surface area contributed by atoms with E-state index in [2.05, 4.69) is 10.1 Å². The first-order chi connectivity index (χ1) is 12.7. The molecule has 0 radical (unpaired) electrons. The summed E-state index contributed by atoms with van der Waals surface area (Å²) in [6.07, 6.45) is 4.52. The molecule has 0 spiro atoms. The zero-order valence-corrected chi connectivity index (χ0v) is 14.7. The van der Waals surface area contributed by atoms with Crippen LogP contribution in [0.2, 0.25) is 0 Å². The molecule has 0 unspecified atom stereocenters. The molecule has 0 fully saturated rings. The first kappa shape index (κ1) is 17.7. The van der Waals surface area contributed by atoms with Crippen molar-refractivity contribution in [2.24, 2.45) is 0 Å². The molecule has 0 N–H and O–H groups in total. The molecule has 6 heteroatoms. The molecule has 0 aliphatic heterocycles. The van der Waals surface area contributed by atoms with Gasteiger partial charge < -0.3 is 14.2 Å². The summed E-state index contributed by atoms with van der Waals surface area (Å²) in [6.45, 7) is 0.892. The average molecular weight is 351 g/mol. The average Bonchev–Trinajstić information content (AvgIpc) is 3.15. The summed E-state index contributed by atoms with van der Waals surface area (Å²) < 4.78 is 10.9. The van der Waals surface area contributed by atoms with Gasteiger partial charge in [-0.05, 0) is 30.7 Å². The third kappa shape index (κ3) is 4.92. The molecule has 2 heterocycles. The van der Waals surface area contributed by atoms with E-state index in [1.165, 1.54) is 0 Å². The Hall–Kier alpha value is -3.15. The minimum absolute atomic E-state index is 0.0426. The molecule has 6 nitrogen and oxygen atoms in total. The molecule has 134 valence electrons. The number of benzene rings is 1. The maximum absolute atomic E-state index is 12.2. The maximum Gasteiger partial charge on any atom is 0.222 e. The van der Waals surface area contributed by atoms with Crippen LogP contribution in [-0.4, -0.2) is 34.6 Å². The van der Waals surface area contributed by atoms with E-state index in [9.17, 15) is 4.79 Å². The van der Waals surface area contributed by atoms with Crippen LogP contribution in [0, 0.1) is 0 Å². The zero-order valence-electron chi connectivity index (χ0n) is 14.7. The Morgan fingerprint density at radius 3 is 2.81 bits per heavy atom. The first-order valence-electron chi connectivity index (χ1n) is 8.50. The Morgan fingerprint density at radius 2 is 2.04 bits per heavy atom. The highest BCUT2D eigenvalue weighted by molar-refractivity contribution is 5.75. The van der Waals surface area contributed by atoms with Crippen molar-refractivity contribution in [3.8, 4) is 17.0 Å². The van der Waals surface area contributed by atoms with Gasteiger partial charge in [-0.1, -0.05) is 23.4 Å². The molecule has 0 bridgehead atoms. The number of aromatic nitrogens is 2. The van der Waals surface area contributed by atoms with Gasteiger partial charge in [0.2, 0.25) is 5.91 Å². The molecule has 0 saturated heterocycles. The van der Waals surface area contributed by atoms with E-state index in [0.717, 1.165) is 11.3 Å². The molecule has 0 aliphatic rings. The van der Waals surface area contributed by atoms with Crippen LogP contribution >= 0.6 is 0 Å². The van der Waals surface area contributed by atoms with E-state index in [-0.39, 0.29) is 5.91 Å². The van der Waals surface area contributed by atoms with Crippen LogP contribution in [0.4, 0.5) is 0 Å². The third-order valence-corrected chi connectivity index (χ3v) is 3.88. The van der Waals surface area contributed by atoms with Crippen molar-refractivity contribution in [1.82, 2.24) is 15.0 Å². The van der Waals surface area contributed by atoms with Gasteiger partial charge in [-0.15, -0.1) is 0 Å². The molecule has 1 amide bonds. The number of hydrogen-bond donors (Lipinski definition) is 0. The highest BCUT2D eigenvalue weighted by atomic mass is 16.5. The van der Waals surface area contributed by atoms with E-state index < -0.39 is 0 Å². The lowest BCUT2D eigenvalue weighted by molar-refractivity contribution is -0.130. The number of carbonyl (C=O) groups excluding carboxylic acids is 1. The Kier molecular flexibility index (Phi) is 5.98. The summed E-state index contributed by atoms with van der Waals surface area (Å²) in [5, 5.41) is 4.03. The van der Waals surface area contributed by atoms with E-state index in [4.69, 9.17) is 9.26 Å². The van der Waals surface area contributed by atoms with Crippen molar-refractivity contribution in [2.75, 3.05) is 13.7 Å². The molecule has 3 aromatic rings. The van der Waals surface area contributed by atoms with Crippen molar-refractivity contribution < 1.29 is 14.1 Å². The minimum atomic E-state index is 0.0426. The van der Waals surface area contributed by atoms with Gasteiger partial charge in [-0.25, -0.2) is 0 Å². The van der Waals surface area contributed by atoms with E-state index in [1.54, 1.807) is 24.3 Å². The number of hydrogen-bond acceptors (Lipinski definition) is 5. The Labute approximate surface area is 152 Å². The lowest BCUT2D eigenvalue weighted by Crippen LogP contribution is -2.26. The molecule has 3 rings (SSSR count).